The Balaban J connectivity index is 1.47. The second-order valence-corrected chi connectivity index (χ2v) is 9.41. The van der Waals surface area contributed by atoms with Crippen LogP contribution in [-0.2, 0) is 10.0 Å². The number of benzene rings is 3. The zero-order chi connectivity index (χ0) is 22.0. The van der Waals surface area contributed by atoms with E-state index in [1.54, 1.807) is 18.2 Å². The Labute approximate surface area is 180 Å². The molecule has 1 N–H and O–H groups in total. The largest absolute Gasteiger partial charge is 0.495 e. The fourth-order valence-electron chi connectivity index (χ4n) is 3.86. The van der Waals surface area contributed by atoms with Crippen molar-refractivity contribution in [3.8, 4) is 5.75 Å². The van der Waals surface area contributed by atoms with Gasteiger partial charge in [-0.15, -0.1) is 0 Å². The lowest BCUT2D eigenvalue weighted by atomic mass is 10.1. The normalized spacial score (nSPS) is 15.6. The van der Waals surface area contributed by atoms with Gasteiger partial charge in [-0.1, -0.05) is 30.3 Å². The van der Waals surface area contributed by atoms with Crippen LogP contribution in [0.1, 0.15) is 12.8 Å². The highest BCUT2D eigenvalue weighted by atomic mass is 32.2. The molecule has 0 bridgehead atoms. The minimum absolute atomic E-state index is 0.0149. The van der Waals surface area contributed by atoms with Gasteiger partial charge in [0.2, 0.25) is 10.0 Å². The standard InChI is InChI=1S/C22H23N3O5S/c1-30-22-9-7-19(25(26)27)15-21(22)23-18-10-12-24(13-11-18)31(28,29)20-8-6-16-4-2-3-5-17(16)14-20/h2-9,14-15,18,23H,10-13H2,1H3. The van der Waals surface area contributed by atoms with E-state index < -0.39 is 14.9 Å². The molecule has 3 aromatic rings. The molecule has 0 atom stereocenters. The first kappa shape index (κ1) is 21.1. The highest BCUT2D eigenvalue weighted by Gasteiger charge is 2.30. The number of nitro benzene ring substituents is 1. The first-order chi connectivity index (χ1) is 14.9. The molecule has 0 aliphatic carbocycles. The Kier molecular flexibility index (Phi) is 5.79. The number of nitrogens with zero attached hydrogens (tertiary/aromatic N) is 2. The average molecular weight is 442 g/mol. The fourth-order valence-corrected chi connectivity index (χ4v) is 5.37. The summed E-state index contributed by atoms with van der Waals surface area (Å²) in [5.74, 6) is 0.511. The Morgan fingerprint density at radius 2 is 1.74 bits per heavy atom. The molecule has 0 aromatic heterocycles. The van der Waals surface area contributed by atoms with Crippen LogP contribution >= 0.6 is 0 Å². The van der Waals surface area contributed by atoms with Crippen LogP contribution in [0.25, 0.3) is 10.8 Å². The van der Waals surface area contributed by atoms with Gasteiger partial charge in [-0.25, -0.2) is 8.42 Å². The van der Waals surface area contributed by atoms with Crippen LogP contribution in [0, 0.1) is 10.1 Å². The molecule has 31 heavy (non-hydrogen) atoms. The van der Waals surface area contributed by atoms with Crippen LogP contribution in [0.4, 0.5) is 11.4 Å². The van der Waals surface area contributed by atoms with E-state index in [1.165, 1.54) is 23.5 Å². The number of anilines is 1. The lowest BCUT2D eigenvalue weighted by molar-refractivity contribution is -0.384. The molecule has 1 heterocycles. The third kappa shape index (κ3) is 4.33. The number of ether oxygens (including phenoxy) is 1. The van der Waals surface area contributed by atoms with Crippen molar-refractivity contribution < 1.29 is 18.1 Å². The van der Waals surface area contributed by atoms with Crippen LogP contribution in [0.5, 0.6) is 5.75 Å². The zero-order valence-electron chi connectivity index (χ0n) is 17.0. The number of non-ortho nitro benzene ring substituents is 1. The van der Waals surface area contributed by atoms with Crippen LogP contribution < -0.4 is 10.1 Å². The summed E-state index contributed by atoms with van der Waals surface area (Å²) >= 11 is 0. The zero-order valence-corrected chi connectivity index (χ0v) is 17.8. The summed E-state index contributed by atoms with van der Waals surface area (Å²) in [6.45, 7) is 0.730. The summed E-state index contributed by atoms with van der Waals surface area (Å²) in [6.07, 6.45) is 1.16. The predicted molar refractivity (Wildman–Crippen MR) is 119 cm³/mol. The van der Waals surface area contributed by atoms with Gasteiger partial charge in [-0.3, -0.25) is 10.1 Å². The number of methoxy groups -OCH3 is 1. The minimum atomic E-state index is -3.59. The molecule has 8 nitrogen and oxygen atoms in total. The predicted octanol–water partition coefficient (Wildman–Crippen LogP) is 4.02. The Hall–Kier alpha value is -3.17. The summed E-state index contributed by atoms with van der Waals surface area (Å²) in [6, 6.07) is 17.2. The van der Waals surface area contributed by atoms with Gasteiger partial charge in [0.1, 0.15) is 5.75 Å². The van der Waals surface area contributed by atoms with E-state index >= 15 is 0 Å². The van der Waals surface area contributed by atoms with Crippen molar-refractivity contribution in [1.29, 1.82) is 0 Å². The van der Waals surface area contributed by atoms with E-state index in [0.717, 1.165) is 10.8 Å². The maximum absolute atomic E-state index is 13.1. The SMILES string of the molecule is COc1ccc([N+](=O)[O-])cc1NC1CCN(S(=O)(=O)c2ccc3ccccc3c2)CC1. The molecule has 1 aliphatic heterocycles. The second-order valence-electron chi connectivity index (χ2n) is 7.47. The molecule has 1 aliphatic rings. The van der Waals surface area contributed by atoms with Crippen LogP contribution in [0.3, 0.4) is 0 Å². The number of sulfonamides is 1. The summed E-state index contributed by atoms with van der Waals surface area (Å²) < 4.78 is 33.1. The number of hydrogen-bond acceptors (Lipinski definition) is 6. The van der Waals surface area contributed by atoms with Gasteiger partial charge in [0.15, 0.2) is 0 Å². The van der Waals surface area contributed by atoms with E-state index in [1.807, 2.05) is 30.3 Å². The van der Waals surface area contributed by atoms with Crippen LogP contribution in [0.15, 0.2) is 65.6 Å². The summed E-state index contributed by atoms with van der Waals surface area (Å²) in [5.41, 5.74) is 0.507. The van der Waals surface area contributed by atoms with E-state index in [4.69, 9.17) is 4.74 Å². The Bertz CT molecular complexity index is 1220. The average Bonchev–Trinajstić information content (AvgIpc) is 2.79. The van der Waals surface area contributed by atoms with Gasteiger partial charge in [0.25, 0.3) is 5.69 Å². The highest BCUT2D eigenvalue weighted by Crippen LogP contribution is 2.31. The van der Waals surface area contributed by atoms with Crippen LogP contribution in [-0.4, -0.2) is 43.9 Å². The number of rotatable bonds is 6. The van der Waals surface area contributed by atoms with Crippen molar-refractivity contribution in [2.24, 2.45) is 0 Å². The fraction of sp³-hybridized carbons (Fsp3) is 0.273. The van der Waals surface area contributed by atoms with Crippen molar-refractivity contribution in [2.75, 3.05) is 25.5 Å². The van der Waals surface area contributed by atoms with Gasteiger partial charge in [0, 0.05) is 31.3 Å². The topological polar surface area (TPSA) is 102 Å². The van der Waals surface area contributed by atoms with E-state index in [0.29, 0.717) is 37.4 Å². The van der Waals surface area contributed by atoms with E-state index in [2.05, 4.69) is 5.32 Å². The number of fused-ring (bicyclic) bond motifs is 1. The molecule has 0 amide bonds. The molecule has 1 saturated heterocycles. The summed E-state index contributed by atoms with van der Waals surface area (Å²) in [7, 11) is -2.08. The maximum Gasteiger partial charge on any atom is 0.271 e. The maximum atomic E-state index is 13.1. The third-order valence-corrected chi connectivity index (χ3v) is 7.46. The minimum Gasteiger partial charge on any atom is -0.495 e. The molecule has 0 unspecified atom stereocenters. The molecule has 0 spiro atoms. The number of nitrogens with one attached hydrogen (secondary N) is 1. The summed E-state index contributed by atoms with van der Waals surface area (Å²) in [4.78, 5) is 10.9. The molecular formula is C22H23N3O5S. The van der Waals surface area contributed by atoms with Gasteiger partial charge in [-0.2, -0.15) is 4.31 Å². The van der Waals surface area contributed by atoms with Crippen molar-refractivity contribution in [1.82, 2.24) is 4.31 Å². The molecule has 0 saturated carbocycles. The molecule has 1 fully saturated rings. The lowest BCUT2D eigenvalue weighted by Gasteiger charge is -2.32. The Morgan fingerprint density at radius 1 is 1.03 bits per heavy atom. The van der Waals surface area contributed by atoms with Crippen molar-refractivity contribution in [3.63, 3.8) is 0 Å². The van der Waals surface area contributed by atoms with E-state index in [-0.39, 0.29) is 16.6 Å². The first-order valence-corrected chi connectivity index (χ1v) is 11.4. The molecular weight excluding hydrogens is 418 g/mol. The third-order valence-electron chi connectivity index (χ3n) is 5.57. The lowest BCUT2D eigenvalue weighted by Crippen LogP contribution is -2.42. The van der Waals surface area contributed by atoms with Crippen molar-refractivity contribution >= 4 is 32.2 Å². The monoisotopic (exact) mass is 441 g/mol. The molecule has 4 rings (SSSR count). The van der Waals surface area contributed by atoms with Gasteiger partial charge >= 0.3 is 0 Å². The number of nitro groups is 1. The number of hydrogen-bond donors (Lipinski definition) is 1. The smallest absolute Gasteiger partial charge is 0.271 e. The second kappa shape index (κ2) is 8.52. The van der Waals surface area contributed by atoms with Gasteiger partial charge < -0.3 is 10.1 Å². The highest BCUT2D eigenvalue weighted by molar-refractivity contribution is 7.89. The first-order valence-electron chi connectivity index (χ1n) is 9.96. The van der Waals surface area contributed by atoms with Crippen LogP contribution in [0.2, 0.25) is 0 Å². The molecule has 162 valence electrons. The molecule has 3 aromatic carbocycles. The summed E-state index contributed by atoms with van der Waals surface area (Å²) in [5, 5.41) is 16.2. The van der Waals surface area contributed by atoms with Gasteiger partial charge in [-0.05, 0) is 41.8 Å². The number of piperidine rings is 1. The molecule has 9 heteroatoms. The van der Waals surface area contributed by atoms with Crippen molar-refractivity contribution in [3.05, 3.63) is 70.8 Å². The Morgan fingerprint density at radius 3 is 2.42 bits per heavy atom. The van der Waals surface area contributed by atoms with E-state index in [9.17, 15) is 18.5 Å². The molecule has 0 radical (unpaired) electrons. The van der Waals surface area contributed by atoms with Crippen molar-refractivity contribution in [2.45, 2.75) is 23.8 Å². The van der Waals surface area contributed by atoms with Gasteiger partial charge in [0.05, 0.1) is 22.6 Å². The quantitative estimate of drug-likeness (QED) is 0.458.